The van der Waals surface area contributed by atoms with Crippen molar-refractivity contribution in [1.29, 1.82) is 0 Å². The fourth-order valence-corrected chi connectivity index (χ4v) is 2.06. The fraction of sp³-hybridized carbons (Fsp3) is 0. The molecule has 1 radical (unpaired) electrons. The number of hydrogen-bond acceptors (Lipinski definition) is 4. The molecule has 0 saturated heterocycles. The summed E-state index contributed by atoms with van der Waals surface area (Å²) in [4.78, 5) is 16.7. The Balaban J connectivity index is 0.000000451. The van der Waals surface area contributed by atoms with E-state index in [4.69, 9.17) is 0 Å². The van der Waals surface area contributed by atoms with Crippen LogP contribution in [0, 0.1) is 0 Å². The molecule has 0 aromatic carbocycles. The molecule has 0 aliphatic rings. The van der Waals surface area contributed by atoms with Gasteiger partial charge in [0.1, 0.15) is 0 Å². The summed E-state index contributed by atoms with van der Waals surface area (Å²) in [5, 5.41) is 0. The van der Waals surface area contributed by atoms with Crippen LogP contribution in [-0.4, -0.2) is 19.9 Å². The Morgan fingerprint density at radius 1 is 0.370 bits per heavy atom. The van der Waals surface area contributed by atoms with Gasteiger partial charge in [-0.2, -0.15) is 0 Å². The number of halogens is 2. The Hall–Kier alpha value is -2.29. The Morgan fingerprint density at radius 3 is 0.741 bits per heavy atom. The van der Waals surface area contributed by atoms with Crippen molar-refractivity contribution in [2.45, 2.75) is 0 Å². The maximum absolute atomic E-state index is 4.19. The van der Waals surface area contributed by atoms with Gasteiger partial charge in [0.05, 0.1) is 22.8 Å². The molecule has 7 heteroatoms. The average Bonchev–Trinajstić information content (AvgIpc) is 2.71. The summed E-state index contributed by atoms with van der Waals surface area (Å²) >= 11 is 0. The minimum atomic E-state index is 0. The normalized spacial score (nSPS) is 8.59. The van der Waals surface area contributed by atoms with Gasteiger partial charge in [0, 0.05) is 24.8 Å². The number of rotatable bonds is 2. The number of aromatic nitrogens is 4. The van der Waals surface area contributed by atoms with Gasteiger partial charge in [-0.05, 0) is 48.5 Å². The van der Waals surface area contributed by atoms with E-state index >= 15 is 0 Å². The van der Waals surface area contributed by atoms with Crippen LogP contribution in [0.4, 0.5) is 0 Å². The zero-order valence-electron chi connectivity index (χ0n) is 14.2. The topological polar surface area (TPSA) is 51.6 Å². The van der Waals surface area contributed by atoms with E-state index in [1.165, 1.54) is 0 Å². The minimum absolute atomic E-state index is 0. The van der Waals surface area contributed by atoms with Crippen molar-refractivity contribution < 1.29 is 42.2 Å². The molecule has 4 aromatic heterocycles. The van der Waals surface area contributed by atoms with Gasteiger partial charge >= 0.3 is 17.4 Å². The van der Waals surface area contributed by atoms with E-state index in [0.29, 0.717) is 0 Å². The molecule has 0 bridgehead atoms. The fourth-order valence-electron chi connectivity index (χ4n) is 2.06. The molecule has 0 fully saturated rings. The molecule has 0 spiro atoms. The summed E-state index contributed by atoms with van der Waals surface area (Å²) in [6.07, 6.45) is 7.07. The van der Waals surface area contributed by atoms with Gasteiger partial charge in [-0.1, -0.05) is 24.3 Å². The Bertz CT molecular complexity index is 702. The molecule has 0 atom stereocenters. The van der Waals surface area contributed by atoms with Gasteiger partial charge in [-0.25, -0.2) is 0 Å². The van der Waals surface area contributed by atoms with Crippen molar-refractivity contribution in [3.8, 4) is 22.8 Å². The molecule has 0 amide bonds. The third-order valence-electron chi connectivity index (χ3n) is 3.18. The molecule has 4 heterocycles. The summed E-state index contributed by atoms with van der Waals surface area (Å²) in [7, 11) is 0. The van der Waals surface area contributed by atoms with Crippen LogP contribution in [0.3, 0.4) is 0 Å². The maximum atomic E-state index is 4.19. The summed E-state index contributed by atoms with van der Waals surface area (Å²) in [6.45, 7) is 0. The second kappa shape index (κ2) is 13.9. The van der Waals surface area contributed by atoms with E-state index in [2.05, 4.69) is 19.9 Å². The molecule has 4 rings (SSSR count). The van der Waals surface area contributed by atoms with Gasteiger partial charge in [-0.15, -0.1) is 0 Å². The van der Waals surface area contributed by atoms with Crippen molar-refractivity contribution >= 4 is 0 Å². The van der Waals surface area contributed by atoms with Crippen molar-refractivity contribution in [1.82, 2.24) is 19.9 Å². The minimum Gasteiger partial charge on any atom is -1.00 e. The zero-order chi connectivity index (χ0) is 16.5. The monoisotopic (exact) mass is 434 g/mol. The molecular weight excluding hydrogens is 419 g/mol. The third kappa shape index (κ3) is 7.86. The van der Waals surface area contributed by atoms with Crippen LogP contribution < -0.4 is 24.8 Å². The predicted octanol–water partition coefficient (Wildman–Crippen LogP) is -1.71. The molecule has 0 saturated carbocycles. The van der Waals surface area contributed by atoms with E-state index in [1.54, 1.807) is 24.8 Å². The van der Waals surface area contributed by atoms with Crippen LogP contribution in [0.15, 0.2) is 97.6 Å². The summed E-state index contributed by atoms with van der Waals surface area (Å²) in [5.74, 6) is 0. The first-order valence-electron chi connectivity index (χ1n) is 7.58. The third-order valence-corrected chi connectivity index (χ3v) is 3.18. The first kappa shape index (κ1) is 24.7. The van der Waals surface area contributed by atoms with Crippen LogP contribution >= 0.6 is 0 Å². The summed E-state index contributed by atoms with van der Waals surface area (Å²) in [6, 6.07) is 23.2. The molecular formula is C20H16Cl2CrN4+. The van der Waals surface area contributed by atoms with E-state index in [-0.39, 0.29) is 42.2 Å². The molecule has 4 nitrogen and oxygen atoms in total. The van der Waals surface area contributed by atoms with Crippen molar-refractivity contribution in [2.75, 3.05) is 0 Å². The van der Waals surface area contributed by atoms with E-state index in [1.807, 2.05) is 72.8 Å². The van der Waals surface area contributed by atoms with Crippen molar-refractivity contribution in [3.05, 3.63) is 97.6 Å². The van der Waals surface area contributed by atoms with Crippen LogP contribution in [0.1, 0.15) is 0 Å². The predicted molar refractivity (Wildman–Crippen MR) is 94.9 cm³/mol. The largest absolute Gasteiger partial charge is 3.00 e. The molecule has 4 aromatic rings. The van der Waals surface area contributed by atoms with Gasteiger partial charge in [0.25, 0.3) is 0 Å². The first-order chi connectivity index (χ1) is 11.9. The second-order valence-electron chi connectivity index (χ2n) is 4.86. The summed E-state index contributed by atoms with van der Waals surface area (Å²) in [5.41, 5.74) is 3.66. The number of hydrogen-bond donors (Lipinski definition) is 0. The molecule has 0 unspecified atom stereocenters. The van der Waals surface area contributed by atoms with Crippen molar-refractivity contribution in [3.63, 3.8) is 0 Å². The zero-order valence-corrected chi connectivity index (χ0v) is 17.0. The smallest absolute Gasteiger partial charge is 1.00 e. The van der Waals surface area contributed by atoms with Gasteiger partial charge in [-0.3, -0.25) is 19.9 Å². The van der Waals surface area contributed by atoms with E-state index in [0.717, 1.165) is 22.8 Å². The van der Waals surface area contributed by atoms with E-state index < -0.39 is 0 Å². The van der Waals surface area contributed by atoms with Crippen LogP contribution in [0.25, 0.3) is 22.8 Å². The standard InChI is InChI=1S/2C10H8N2.2ClH.Cr/c2*1-3-7-11-9(5-1)10-6-2-4-8-12-10;;;/h2*1-8H;2*1H;/q;;;;+3/p-2. The molecule has 0 N–H and O–H groups in total. The van der Waals surface area contributed by atoms with Crippen LogP contribution in [0.5, 0.6) is 0 Å². The van der Waals surface area contributed by atoms with Crippen molar-refractivity contribution in [2.24, 2.45) is 0 Å². The van der Waals surface area contributed by atoms with Crippen LogP contribution in [0.2, 0.25) is 0 Å². The molecule has 27 heavy (non-hydrogen) atoms. The maximum Gasteiger partial charge on any atom is 3.00 e. The number of pyridine rings is 4. The van der Waals surface area contributed by atoms with Gasteiger partial charge in [0.2, 0.25) is 0 Å². The Morgan fingerprint density at radius 2 is 0.593 bits per heavy atom. The number of nitrogens with zero attached hydrogens (tertiary/aromatic N) is 4. The van der Waals surface area contributed by atoms with Gasteiger partial charge in [0.15, 0.2) is 0 Å². The van der Waals surface area contributed by atoms with E-state index in [9.17, 15) is 0 Å². The molecule has 135 valence electrons. The molecule has 0 aliphatic carbocycles. The first-order valence-corrected chi connectivity index (χ1v) is 7.58. The molecule has 0 aliphatic heterocycles. The quantitative estimate of drug-likeness (QED) is 0.377. The summed E-state index contributed by atoms with van der Waals surface area (Å²) < 4.78 is 0. The average molecular weight is 435 g/mol. The van der Waals surface area contributed by atoms with Gasteiger partial charge < -0.3 is 24.8 Å². The second-order valence-corrected chi connectivity index (χ2v) is 4.86. The Labute approximate surface area is 182 Å². The Kier molecular flexibility index (Phi) is 12.7. The van der Waals surface area contributed by atoms with Crippen LogP contribution in [-0.2, 0) is 17.4 Å². The SMILES string of the molecule is [Cl-].[Cl-].[Cr+3].c1ccc(-c2ccccn2)nc1.c1ccc(-c2ccccn2)nc1.